The van der Waals surface area contributed by atoms with Gasteiger partial charge in [0.1, 0.15) is 11.5 Å². The van der Waals surface area contributed by atoms with Crippen molar-refractivity contribution in [2.45, 2.75) is 12.8 Å². The molecule has 0 aliphatic carbocycles. The Bertz CT molecular complexity index is 1340. The van der Waals surface area contributed by atoms with Crippen LogP contribution in [0.2, 0.25) is 5.02 Å². The Balaban J connectivity index is 1.33. The van der Waals surface area contributed by atoms with Crippen molar-refractivity contribution in [2.24, 2.45) is 5.10 Å². The molecule has 2 amide bonds. The molecule has 0 spiro atoms. The van der Waals surface area contributed by atoms with E-state index >= 15 is 0 Å². The third-order valence-corrected chi connectivity index (χ3v) is 6.10. The van der Waals surface area contributed by atoms with Crippen LogP contribution >= 0.6 is 11.6 Å². The van der Waals surface area contributed by atoms with E-state index in [1.807, 2.05) is 78.9 Å². The molecule has 1 aliphatic rings. The SMILES string of the molecule is Cc1ccc(C2CN(C(=O)Nc3ccc(Oc4ccccc4)cc3)N=C2c2ccc(Cl)cc2)cc1. The number of halogens is 1. The van der Waals surface area contributed by atoms with Gasteiger partial charge in [-0.2, -0.15) is 5.10 Å². The van der Waals surface area contributed by atoms with Gasteiger partial charge in [-0.05, 0) is 66.6 Å². The van der Waals surface area contributed by atoms with Gasteiger partial charge < -0.3 is 10.1 Å². The number of hydrogen-bond donors (Lipinski definition) is 1. The zero-order chi connectivity index (χ0) is 24.2. The van der Waals surface area contributed by atoms with Gasteiger partial charge in [-0.25, -0.2) is 9.80 Å². The zero-order valence-electron chi connectivity index (χ0n) is 19.2. The number of hydrogen-bond acceptors (Lipinski definition) is 3. The predicted molar refractivity (Wildman–Crippen MR) is 141 cm³/mol. The molecule has 1 aliphatic heterocycles. The van der Waals surface area contributed by atoms with Crippen LogP contribution in [0.15, 0.2) is 108 Å². The van der Waals surface area contributed by atoms with Gasteiger partial charge in [0.25, 0.3) is 0 Å². The molecule has 1 N–H and O–H groups in total. The summed E-state index contributed by atoms with van der Waals surface area (Å²) in [4.78, 5) is 13.1. The minimum Gasteiger partial charge on any atom is -0.457 e. The molecule has 5 rings (SSSR count). The molecule has 6 heteroatoms. The van der Waals surface area contributed by atoms with Gasteiger partial charge >= 0.3 is 6.03 Å². The Hall–Kier alpha value is -4.09. The number of urea groups is 1. The molecule has 4 aromatic carbocycles. The van der Waals surface area contributed by atoms with Crippen LogP contribution in [0.3, 0.4) is 0 Å². The van der Waals surface area contributed by atoms with Crippen molar-refractivity contribution in [3.05, 3.63) is 125 Å². The second-order valence-corrected chi connectivity index (χ2v) is 8.84. The molecular weight excluding hydrogens is 458 g/mol. The Morgan fingerprint density at radius 2 is 1.54 bits per heavy atom. The van der Waals surface area contributed by atoms with Crippen LogP contribution in [-0.4, -0.2) is 23.3 Å². The van der Waals surface area contributed by atoms with E-state index < -0.39 is 0 Å². The van der Waals surface area contributed by atoms with Crippen LogP contribution < -0.4 is 10.1 Å². The van der Waals surface area contributed by atoms with Crippen molar-refractivity contribution in [1.29, 1.82) is 0 Å². The summed E-state index contributed by atoms with van der Waals surface area (Å²) in [6.45, 7) is 2.50. The fraction of sp³-hybridized carbons (Fsp3) is 0.103. The number of carbonyl (C=O) groups is 1. The molecule has 0 saturated carbocycles. The molecule has 1 heterocycles. The van der Waals surface area contributed by atoms with Crippen molar-refractivity contribution in [3.63, 3.8) is 0 Å². The summed E-state index contributed by atoms with van der Waals surface area (Å²) in [7, 11) is 0. The first-order valence-corrected chi connectivity index (χ1v) is 11.8. The molecule has 174 valence electrons. The molecule has 0 fully saturated rings. The average molecular weight is 482 g/mol. The number of carbonyl (C=O) groups excluding carboxylic acids is 1. The Morgan fingerprint density at radius 1 is 0.886 bits per heavy atom. The number of nitrogens with one attached hydrogen (secondary N) is 1. The number of anilines is 1. The number of rotatable bonds is 5. The van der Waals surface area contributed by atoms with Gasteiger partial charge in [-0.3, -0.25) is 0 Å². The Morgan fingerprint density at radius 3 is 2.23 bits per heavy atom. The first-order chi connectivity index (χ1) is 17.0. The Labute approximate surface area is 209 Å². The molecule has 5 nitrogen and oxygen atoms in total. The standard InChI is InChI=1S/C29H24ClN3O2/c1-20-7-9-21(10-8-20)27-19-33(32-28(27)22-11-13-23(30)14-12-22)29(34)31-24-15-17-26(18-16-24)35-25-5-3-2-4-6-25/h2-18,27H,19H2,1H3,(H,31,34). The van der Waals surface area contributed by atoms with Crippen molar-refractivity contribution < 1.29 is 9.53 Å². The number of amides is 2. The topological polar surface area (TPSA) is 53.9 Å². The molecular formula is C29H24ClN3O2. The van der Waals surface area contributed by atoms with Crippen LogP contribution in [0.25, 0.3) is 0 Å². The predicted octanol–water partition coefficient (Wildman–Crippen LogP) is 7.48. The fourth-order valence-corrected chi connectivity index (χ4v) is 4.11. The second-order valence-electron chi connectivity index (χ2n) is 8.41. The first-order valence-electron chi connectivity index (χ1n) is 11.4. The summed E-state index contributed by atoms with van der Waals surface area (Å²) in [5.41, 5.74) is 4.75. The van der Waals surface area contributed by atoms with E-state index in [2.05, 4.69) is 36.5 Å². The normalized spacial score (nSPS) is 15.0. The number of ether oxygens (including phenoxy) is 1. The molecule has 1 atom stereocenters. The lowest BCUT2D eigenvalue weighted by Gasteiger charge is -2.16. The molecule has 35 heavy (non-hydrogen) atoms. The van der Waals surface area contributed by atoms with Crippen LogP contribution in [-0.2, 0) is 0 Å². The zero-order valence-corrected chi connectivity index (χ0v) is 19.9. The van der Waals surface area contributed by atoms with Crippen molar-refractivity contribution in [3.8, 4) is 11.5 Å². The smallest absolute Gasteiger partial charge is 0.342 e. The molecule has 0 saturated heterocycles. The maximum absolute atomic E-state index is 13.1. The molecule has 4 aromatic rings. The largest absolute Gasteiger partial charge is 0.457 e. The lowest BCUT2D eigenvalue weighted by molar-refractivity contribution is 0.218. The lowest BCUT2D eigenvalue weighted by atomic mass is 9.90. The van der Waals surface area contributed by atoms with E-state index in [9.17, 15) is 4.79 Å². The molecule has 0 aromatic heterocycles. The highest BCUT2D eigenvalue weighted by Crippen LogP contribution is 2.30. The number of para-hydroxylation sites is 1. The number of benzene rings is 4. The third-order valence-electron chi connectivity index (χ3n) is 5.85. The minimum atomic E-state index is -0.289. The van der Waals surface area contributed by atoms with Crippen LogP contribution in [0.5, 0.6) is 11.5 Å². The fourth-order valence-electron chi connectivity index (χ4n) is 3.99. The van der Waals surface area contributed by atoms with E-state index in [0.29, 0.717) is 23.0 Å². The van der Waals surface area contributed by atoms with E-state index in [0.717, 1.165) is 22.6 Å². The highest BCUT2D eigenvalue weighted by molar-refractivity contribution is 6.30. The van der Waals surface area contributed by atoms with Gasteiger partial charge in [0.2, 0.25) is 0 Å². The van der Waals surface area contributed by atoms with Crippen molar-refractivity contribution >= 4 is 29.0 Å². The average Bonchev–Trinajstić information content (AvgIpc) is 3.32. The van der Waals surface area contributed by atoms with E-state index in [-0.39, 0.29) is 11.9 Å². The van der Waals surface area contributed by atoms with Crippen LogP contribution in [0, 0.1) is 6.92 Å². The summed E-state index contributed by atoms with van der Waals surface area (Å²) in [5.74, 6) is 1.41. The van der Waals surface area contributed by atoms with Gasteiger partial charge in [0.05, 0.1) is 12.3 Å². The summed E-state index contributed by atoms with van der Waals surface area (Å²) in [5, 5.41) is 9.80. The quantitative estimate of drug-likeness (QED) is 0.321. The third kappa shape index (κ3) is 5.36. The maximum Gasteiger partial charge on any atom is 0.342 e. The van der Waals surface area contributed by atoms with Gasteiger partial charge in [-0.1, -0.05) is 71.8 Å². The number of aryl methyl sites for hydroxylation is 1. The summed E-state index contributed by atoms with van der Waals surface area (Å²) in [6, 6.07) is 32.5. The van der Waals surface area contributed by atoms with Gasteiger partial charge in [0.15, 0.2) is 0 Å². The monoisotopic (exact) mass is 481 g/mol. The summed E-state index contributed by atoms with van der Waals surface area (Å²) >= 11 is 6.09. The lowest BCUT2D eigenvalue weighted by Crippen LogP contribution is -2.30. The summed E-state index contributed by atoms with van der Waals surface area (Å²) < 4.78 is 5.83. The minimum absolute atomic E-state index is 0.0378. The van der Waals surface area contributed by atoms with E-state index in [4.69, 9.17) is 21.4 Å². The number of nitrogens with zero attached hydrogens (tertiary/aromatic N) is 2. The Kier molecular flexibility index (Phi) is 6.51. The van der Waals surface area contributed by atoms with E-state index in [1.54, 1.807) is 0 Å². The van der Waals surface area contributed by atoms with Crippen molar-refractivity contribution in [2.75, 3.05) is 11.9 Å². The first kappa shape index (κ1) is 22.7. The van der Waals surface area contributed by atoms with Gasteiger partial charge in [-0.15, -0.1) is 0 Å². The molecule has 0 bridgehead atoms. The highest BCUT2D eigenvalue weighted by Gasteiger charge is 2.32. The van der Waals surface area contributed by atoms with Crippen LogP contribution in [0.4, 0.5) is 10.5 Å². The van der Waals surface area contributed by atoms with E-state index in [1.165, 1.54) is 10.6 Å². The second kappa shape index (κ2) is 10.0. The maximum atomic E-state index is 13.1. The summed E-state index contributed by atoms with van der Waals surface area (Å²) in [6.07, 6.45) is 0. The van der Waals surface area contributed by atoms with Crippen LogP contribution in [0.1, 0.15) is 22.6 Å². The molecule has 0 radical (unpaired) electrons. The number of hydrazone groups is 1. The van der Waals surface area contributed by atoms with Gasteiger partial charge in [0, 0.05) is 16.6 Å². The highest BCUT2D eigenvalue weighted by atomic mass is 35.5. The van der Waals surface area contributed by atoms with Crippen molar-refractivity contribution in [1.82, 2.24) is 5.01 Å². The molecule has 1 unspecified atom stereocenters.